The zero-order chi connectivity index (χ0) is 15.1. The van der Waals surface area contributed by atoms with Gasteiger partial charge in [0.25, 0.3) is 0 Å². The summed E-state index contributed by atoms with van der Waals surface area (Å²) in [5.41, 5.74) is 0. The van der Waals surface area contributed by atoms with E-state index in [1.54, 1.807) is 24.2 Å². The highest BCUT2D eigenvalue weighted by molar-refractivity contribution is 8.00. The van der Waals surface area contributed by atoms with Crippen LogP contribution in [0.5, 0.6) is 0 Å². The minimum atomic E-state index is -0.184. The maximum atomic E-state index is 12.2. The van der Waals surface area contributed by atoms with Gasteiger partial charge in [-0.15, -0.1) is 11.8 Å². The van der Waals surface area contributed by atoms with Gasteiger partial charge in [-0.1, -0.05) is 0 Å². The molecule has 0 spiro atoms. The molecular formula is C15H20N2O3S. The Bertz CT molecular complexity index is 481. The molecule has 1 fully saturated rings. The summed E-state index contributed by atoms with van der Waals surface area (Å²) < 4.78 is 5.05. The van der Waals surface area contributed by atoms with Gasteiger partial charge in [-0.3, -0.25) is 14.6 Å². The van der Waals surface area contributed by atoms with E-state index in [0.717, 1.165) is 24.3 Å². The van der Waals surface area contributed by atoms with Crippen molar-refractivity contribution in [1.29, 1.82) is 0 Å². The number of ether oxygens (including phenoxy) is 1. The molecule has 0 saturated carbocycles. The minimum Gasteiger partial charge on any atom is -0.466 e. The van der Waals surface area contributed by atoms with Gasteiger partial charge in [0.15, 0.2) is 0 Å². The molecule has 1 aliphatic heterocycles. The first-order valence-electron chi connectivity index (χ1n) is 7.18. The van der Waals surface area contributed by atoms with Crippen LogP contribution in [0.25, 0.3) is 0 Å². The van der Waals surface area contributed by atoms with E-state index in [9.17, 15) is 9.59 Å². The van der Waals surface area contributed by atoms with Crippen LogP contribution in [0.4, 0.5) is 0 Å². The third-order valence-corrected chi connectivity index (χ3v) is 4.40. The van der Waals surface area contributed by atoms with Crippen molar-refractivity contribution >= 4 is 23.6 Å². The number of hydrogen-bond donors (Lipinski definition) is 0. The predicted molar refractivity (Wildman–Crippen MR) is 80.9 cm³/mol. The number of pyridine rings is 1. The van der Waals surface area contributed by atoms with Gasteiger partial charge in [0.1, 0.15) is 0 Å². The number of rotatable bonds is 5. The molecule has 1 saturated heterocycles. The van der Waals surface area contributed by atoms with Crippen molar-refractivity contribution < 1.29 is 14.3 Å². The first-order valence-corrected chi connectivity index (χ1v) is 8.16. The lowest BCUT2D eigenvalue weighted by Gasteiger charge is -2.31. The molecule has 0 radical (unpaired) electrons. The highest BCUT2D eigenvalue weighted by Gasteiger charge is 2.29. The minimum absolute atomic E-state index is 0.0748. The average molecular weight is 308 g/mol. The summed E-state index contributed by atoms with van der Waals surface area (Å²) in [5.74, 6) is 0.107. The van der Waals surface area contributed by atoms with Crippen molar-refractivity contribution in [1.82, 2.24) is 9.88 Å². The largest absolute Gasteiger partial charge is 0.466 e. The zero-order valence-electron chi connectivity index (χ0n) is 12.2. The van der Waals surface area contributed by atoms with Gasteiger partial charge in [0.2, 0.25) is 5.91 Å². The highest BCUT2D eigenvalue weighted by atomic mass is 32.2. The van der Waals surface area contributed by atoms with Gasteiger partial charge in [0, 0.05) is 30.4 Å². The fraction of sp³-hybridized carbons (Fsp3) is 0.533. The van der Waals surface area contributed by atoms with Crippen molar-refractivity contribution in [3.05, 3.63) is 24.5 Å². The fourth-order valence-corrected chi connectivity index (χ4v) is 3.11. The van der Waals surface area contributed by atoms with E-state index >= 15 is 0 Å². The SMILES string of the molecule is CCOC(=O)C1CCCN(C(=O)CSc2ccncc2)C1. The van der Waals surface area contributed by atoms with E-state index in [-0.39, 0.29) is 17.8 Å². The van der Waals surface area contributed by atoms with Crippen LogP contribution in [0.15, 0.2) is 29.4 Å². The highest BCUT2D eigenvalue weighted by Crippen LogP contribution is 2.21. The molecule has 0 aliphatic carbocycles. The molecule has 21 heavy (non-hydrogen) atoms. The standard InChI is InChI=1S/C15H20N2O3S/c1-2-20-15(19)12-4-3-9-17(10-12)14(18)11-21-13-5-7-16-8-6-13/h5-8,12H,2-4,9-11H2,1H3. The Morgan fingerprint density at radius 2 is 2.19 bits per heavy atom. The van der Waals surface area contributed by atoms with Crippen LogP contribution in [0, 0.1) is 5.92 Å². The third-order valence-electron chi connectivity index (χ3n) is 3.41. The monoisotopic (exact) mass is 308 g/mol. The van der Waals surface area contributed by atoms with Crippen LogP contribution < -0.4 is 0 Å². The molecule has 1 aromatic rings. The second kappa shape index (κ2) is 8.02. The summed E-state index contributed by atoms with van der Waals surface area (Å²) in [6.45, 7) is 3.40. The maximum absolute atomic E-state index is 12.2. The fourth-order valence-electron chi connectivity index (χ4n) is 2.33. The van der Waals surface area contributed by atoms with Gasteiger partial charge >= 0.3 is 5.97 Å². The Balaban J connectivity index is 1.83. The van der Waals surface area contributed by atoms with E-state index in [2.05, 4.69) is 4.98 Å². The lowest BCUT2D eigenvalue weighted by molar-refractivity contribution is -0.151. The molecule has 2 rings (SSSR count). The van der Waals surface area contributed by atoms with E-state index < -0.39 is 0 Å². The molecule has 0 bridgehead atoms. The van der Waals surface area contributed by atoms with Crippen LogP contribution in [0.1, 0.15) is 19.8 Å². The van der Waals surface area contributed by atoms with Crippen molar-refractivity contribution in [2.24, 2.45) is 5.92 Å². The Hall–Kier alpha value is -1.56. The summed E-state index contributed by atoms with van der Waals surface area (Å²) >= 11 is 1.49. The lowest BCUT2D eigenvalue weighted by Crippen LogP contribution is -2.43. The predicted octanol–water partition coefficient (Wildman–Crippen LogP) is 1.98. The molecule has 1 aromatic heterocycles. The van der Waals surface area contributed by atoms with Crippen molar-refractivity contribution in [2.75, 3.05) is 25.4 Å². The normalized spacial score (nSPS) is 18.3. The van der Waals surface area contributed by atoms with E-state index in [1.807, 2.05) is 12.1 Å². The van der Waals surface area contributed by atoms with Gasteiger partial charge in [-0.2, -0.15) is 0 Å². The van der Waals surface area contributed by atoms with E-state index in [4.69, 9.17) is 4.74 Å². The number of piperidine rings is 1. The molecule has 114 valence electrons. The Morgan fingerprint density at radius 3 is 2.90 bits per heavy atom. The first kappa shape index (κ1) is 15.8. The lowest BCUT2D eigenvalue weighted by atomic mass is 9.98. The van der Waals surface area contributed by atoms with Gasteiger partial charge < -0.3 is 9.64 Å². The zero-order valence-corrected chi connectivity index (χ0v) is 13.0. The number of amides is 1. The number of esters is 1. The number of likely N-dealkylation sites (tertiary alicyclic amines) is 1. The summed E-state index contributed by atoms with van der Waals surface area (Å²) in [7, 11) is 0. The summed E-state index contributed by atoms with van der Waals surface area (Å²) in [5, 5.41) is 0. The third kappa shape index (κ3) is 4.74. The number of thioether (sulfide) groups is 1. The quantitative estimate of drug-likeness (QED) is 0.615. The molecule has 5 nitrogen and oxygen atoms in total. The molecule has 0 aromatic carbocycles. The maximum Gasteiger partial charge on any atom is 0.310 e. The molecule has 0 N–H and O–H groups in total. The van der Waals surface area contributed by atoms with E-state index in [0.29, 0.717) is 18.9 Å². The van der Waals surface area contributed by atoms with Crippen LogP contribution in [0.3, 0.4) is 0 Å². The van der Waals surface area contributed by atoms with Gasteiger partial charge in [0.05, 0.1) is 18.3 Å². The van der Waals surface area contributed by atoms with Crippen molar-refractivity contribution in [2.45, 2.75) is 24.7 Å². The Kier molecular flexibility index (Phi) is 6.04. The molecule has 6 heteroatoms. The van der Waals surface area contributed by atoms with Crippen LogP contribution in [0.2, 0.25) is 0 Å². The molecular weight excluding hydrogens is 288 g/mol. The van der Waals surface area contributed by atoms with Crippen LogP contribution >= 0.6 is 11.8 Å². The summed E-state index contributed by atoms with van der Waals surface area (Å²) in [4.78, 5) is 30.8. The second-order valence-corrected chi connectivity index (χ2v) is 5.95. The number of hydrogen-bond acceptors (Lipinski definition) is 5. The summed E-state index contributed by atoms with van der Waals surface area (Å²) in [6.07, 6.45) is 5.09. The molecule has 1 unspecified atom stereocenters. The van der Waals surface area contributed by atoms with Crippen LogP contribution in [-0.2, 0) is 14.3 Å². The molecule has 1 atom stereocenters. The summed E-state index contributed by atoms with van der Waals surface area (Å²) in [6, 6.07) is 3.77. The van der Waals surface area contributed by atoms with Gasteiger partial charge in [-0.25, -0.2) is 0 Å². The van der Waals surface area contributed by atoms with Crippen LogP contribution in [-0.4, -0.2) is 47.2 Å². The topological polar surface area (TPSA) is 59.5 Å². The Labute approximate surface area is 129 Å². The molecule has 1 aliphatic rings. The van der Waals surface area contributed by atoms with Crippen molar-refractivity contribution in [3.63, 3.8) is 0 Å². The number of aromatic nitrogens is 1. The average Bonchev–Trinajstić information content (AvgIpc) is 2.54. The number of nitrogens with zero attached hydrogens (tertiary/aromatic N) is 2. The van der Waals surface area contributed by atoms with E-state index in [1.165, 1.54) is 11.8 Å². The number of carbonyl (C=O) groups excluding carboxylic acids is 2. The second-order valence-electron chi connectivity index (χ2n) is 4.90. The Morgan fingerprint density at radius 1 is 1.43 bits per heavy atom. The molecule has 2 heterocycles. The smallest absolute Gasteiger partial charge is 0.310 e. The van der Waals surface area contributed by atoms with Crippen molar-refractivity contribution in [3.8, 4) is 0 Å². The number of carbonyl (C=O) groups is 2. The first-order chi connectivity index (χ1) is 10.2. The van der Waals surface area contributed by atoms with Gasteiger partial charge in [-0.05, 0) is 31.9 Å². The molecule has 1 amide bonds.